The summed E-state index contributed by atoms with van der Waals surface area (Å²) < 4.78 is 38.6. The van der Waals surface area contributed by atoms with Crippen LogP contribution in [0.4, 0.5) is 13.2 Å². The van der Waals surface area contributed by atoms with Gasteiger partial charge in [0.05, 0.1) is 0 Å². The highest BCUT2D eigenvalue weighted by atomic mass is 19.4. The normalized spacial score (nSPS) is 14.6. The molecule has 108 valence electrons. The van der Waals surface area contributed by atoms with Crippen molar-refractivity contribution in [3.63, 3.8) is 0 Å². The molecule has 0 unspecified atom stereocenters. The van der Waals surface area contributed by atoms with Crippen LogP contribution < -0.4 is 5.73 Å². The van der Waals surface area contributed by atoms with Crippen LogP contribution >= 0.6 is 0 Å². The maximum atomic E-state index is 12.9. The maximum absolute atomic E-state index is 12.9. The molecule has 4 heteroatoms. The largest absolute Gasteiger partial charge is 0.407 e. The standard InChI is InChI=1S/C16H18F3N/c1-15(2,3)13-9-5-6-10-11(13)7-4-8-12(10)14(20)16(17,18)19/h4-9,14H,20H2,1-3H3/t14-/m0/s1. The van der Waals surface area contributed by atoms with Gasteiger partial charge in [-0.05, 0) is 27.3 Å². The minimum atomic E-state index is -4.44. The van der Waals surface area contributed by atoms with Crippen molar-refractivity contribution in [2.75, 3.05) is 0 Å². The molecule has 0 saturated heterocycles. The van der Waals surface area contributed by atoms with Crippen LogP contribution in [0.15, 0.2) is 36.4 Å². The van der Waals surface area contributed by atoms with Crippen molar-refractivity contribution in [3.05, 3.63) is 47.5 Å². The first-order chi connectivity index (χ1) is 9.12. The molecule has 2 aromatic rings. The SMILES string of the molecule is CC(C)(C)c1cccc2c([C@H](N)C(F)(F)F)cccc12. The number of fused-ring (bicyclic) bond motifs is 1. The lowest BCUT2D eigenvalue weighted by Crippen LogP contribution is -2.28. The lowest BCUT2D eigenvalue weighted by Gasteiger charge is -2.23. The second-order valence-corrected chi connectivity index (χ2v) is 6.02. The Hall–Kier alpha value is -1.55. The molecular formula is C16H18F3N. The molecule has 0 fully saturated rings. The lowest BCUT2D eigenvalue weighted by atomic mass is 9.82. The summed E-state index contributed by atoms with van der Waals surface area (Å²) in [5.74, 6) is 0. The summed E-state index contributed by atoms with van der Waals surface area (Å²) >= 11 is 0. The smallest absolute Gasteiger partial charge is 0.316 e. The summed E-state index contributed by atoms with van der Waals surface area (Å²) in [7, 11) is 0. The van der Waals surface area contributed by atoms with Crippen LogP contribution in [0.25, 0.3) is 10.8 Å². The third-order valence-electron chi connectivity index (χ3n) is 3.45. The molecule has 0 aliphatic heterocycles. The molecule has 0 spiro atoms. The summed E-state index contributed by atoms with van der Waals surface area (Å²) in [6, 6.07) is 8.42. The number of hydrogen-bond acceptors (Lipinski definition) is 1. The van der Waals surface area contributed by atoms with Gasteiger partial charge in [0.2, 0.25) is 0 Å². The van der Waals surface area contributed by atoms with Gasteiger partial charge in [-0.2, -0.15) is 13.2 Å². The van der Waals surface area contributed by atoms with Crippen molar-refractivity contribution < 1.29 is 13.2 Å². The van der Waals surface area contributed by atoms with E-state index in [0.717, 1.165) is 10.9 Å². The molecule has 2 aromatic carbocycles. The second kappa shape index (κ2) is 4.77. The van der Waals surface area contributed by atoms with E-state index in [1.54, 1.807) is 18.2 Å². The second-order valence-electron chi connectivity index (χ2n) is 6.02. The average molecular weight is 281 g/mol. The van der Waals surface area contributed by atoms with Crippen LogP contribution in [0.5, 0.6) is 0 Å². The lowest BCUT2D eigenvalue weighted by molar-refractivity contribution is -0.148. The first-order valence-electron chi connectivity index (χ1n) is 6.47. The molecule has 0 amide bonds. The van der Waals surface area contributed by atoms with E-state index < -0.39 is 12.2 Å². The third kappa shape index (κ3) is 2.66. The minimum Gasteiger partial charge on any atom is -0.316 e. The average Bonchev–Trinajstić information content (AvgIpc) is 2.34. The predicted molar refractivity (Wildman–Crippen MR) is 75.6 cm³/mol. The molecule has 0 aliphatic rings. The fraction of sp³-hybridized carbons (Fsp3) is 0.375. The molecule has 0 radical (unpaired) electrons. The number of hydrogen-bond donors (Lipinski definition) is 1. The highest BCUT2D eigenvalue weighted by Gasteiger charge is 2.38. The van der Waals surface area contributed by atoms with Crippen molar-refractivity contribution in [3.8, 4) is 0 Å². The summed E-state index contributed by atoms with van der Waals surface area (Å²) in [5, 5.41) is 1.40. The molecule has 2 rings (SSSR count). The number of nitrogens with two attached hydrogens (primary N) is 1. The van der Waals surface area contributed by atoms with Gasteiger partial charge in [-0.15, -0.1) is 0 Å². The molecule has 1 nitrogen and oxygen atoms in total. The first-order valence-corrected chi connectivity index (χ1v) is 6.47. The van der Waals surface area contributed by atoms with Gasteiger partial charge in [0.25, 0.3) is 0 Å². The summed E-state index contributed by atoms with van der Waals surface area (Å²) in [6.45, 7) is 6.12. The van der Waals surface area contributed by atoms with Gasteiger partial charge in [0, 0.05) is 0 Å². The molecule has 1 atom stereocenters. The number of alkyl halides is 3. The predicted octanol–water partition coefficient (Wildman–Crippen LogP) is 4.70. The van der Waals surface area contributed by atoms with Gasteiger partial charge in [-0.25, -0.2) is 0 Å². The monoisotopic (exact) mass is 281 g/mol. The number of rotatable bonds is 1. The minimum absolute atomic E-state index is 0.126. The van der Waals surface area contributed by atoms with E-state index >= 15 is 0 Å². The van der Waals surface area contributed by atoms with E-state index in [4.69, 9.17) is 5.73 Å². The fourth-order valence-electron chi connectivity index (χ4n) is 2.44. The van der Waals surface area contributed by atoms with E-state index in [1.807, 2.05) is 32.9 Å². The Morgan fingerprint density at radius 3 is 2.00 bits per heavy atom. The van der Waals surface area contributed by atoms with E-state index in [9.17, 15) is 13.2 Å². The molecule has 0 bridgehead atoms. The third-order valence-corrected chi connectivity index (χ3v) is 3.45. The van der Waals surface area contributed by atoms with Crippen LogP contribution in [-0.2, 0) is 5.41 Å². The van der Waals surface area contributed by atoms with E-state index in [2.05, 4.69) is 0 Å². The Morgan fingerprint density at radius 2 is 1.45 bits per heavy atom. The van der Waals surface area contributed by atoms with Gasteiger partial charge in [-0.1, -0.05) is 57.2 Å². The van der Waals surface area contributed by atoms with E-state index in [-0.39, 0.29) is 11.0 Å². The van der Waals surface area contributed by atoms with Crippen molar-refractivity contribution in [1.29, 1.82) is 0 Å². The first kappa shape index (κ1) is 14.9. The Balaban J connectivity index is 2.72. The maximum Gasteiger partial charge on any atom is 0.407 e. The highest BCUT2D eigenvalue weighted by Crippen LogP contribution is 2.37. The topological polar surface area (TPSA) is 26.0 Å². The van der Waals surface area contributed by atoms with Crippen molar-refractivity contribution in [1.82, 2.24) is 0 Å². The molecule has 0 heterocycles. The van der Waals surface area contributed by atoms with Crippen molar-refractivity contribution >= 4 is 10.8 Å². The van der Waals surface area contributed by atoms with Gasteiger partial charge < -0.3 is 5.73 Å². The Kier molecular flexibility index (Phi) is 3.54. The molecule has 20 heavy (non-hydrogen) atoms. The molecule has 0 aromatic heterocycles. The van der Waals surface area contributed by atoms with Crippen LogP contribution in [-0.4, -0.2) is 6.18 Å². The Labute approximate surface area is 116 Å². The molecular weight excluding hydrogens is 263 g/mol. The zero-order valence-electron chi connectivity index (χ0n) is 11.8. The van der Waals surface area contributed by atoms with Gasteiger partial charge in [-0.3, -0.25) is 0 Å². The Bertz CT molecular complexity index is 624. The van der Waals surface area contributed by atoms with Gasteiger partial charge >= 0.3 is 6.18 Å². The quantitative estimate of drug-likeness (QED) is 0.805. The van der Waals surface area contributed by atoms with Crippen molar-refractivity contribution in [2.45, 2.75) is 38.4 Å². The van der Waals surface area contributed by atoms with Crippen molar-refractivity contribution in [2.24, 2.45) is 5.73 Å². The van der Waals surface area contributed by atoms with E-state index in [0.29, 0.717) is 5.39 Å². The molecule has 0 saturated carbocycles. The summed E-state index contributed by atoms with van der Waals surface area (Å²) in [5.41, 5.74) is 6.38. The molecule has 0 aliphatic carbocycles. The zero-order chi connectivity index (χ0) is 15.1. The molecule has 2 N–H and O–H groups in total. The number of halogens is 3. The van der Waals surface area contributed by atoms with Gasteiger partial charge in [0.15, 0.2) is 0 Å². The van der Waals surface area contributed by atoms with Gasteiger partial charge in [0.1, 0.15) is 6.04 Å². The fourth-order valence-corrected chi connectivity index (χ4v) is 2.44. The summed E-state index contributed by atoms with van der Waals surface area (Å²) in [4.78, 5) is 0. The Morgan fingerprint density at radius 1 is 0.900 bits per heavy atom. The summed E-state index contributed by atoms with van der Waals surface area (Å²) in [6.07, 6.45) is -4.44. The van der Waals surface area contributed by atoms with E-state index in [1.165, 1.54) is 6.07 Å². The van der Waals surface area contributed by atoms with Crippen LogP contribution in [0.2, 0.25) is 0 Å². The van der Waals surface area contributed by atoms with Crippen LogP contribution in [0.3, 0.4) is 0 Å². The number of benzene rings is 2. The van der Waals surface area contributed by atoms with Crippen LogP contribution in [0, 0.1) is 0 Å². The zero-order valence-corrected chi connectivity index (χ0v) is 11.8. The van der Waals surface area contributed by atoms with Crippen LogP contribution in [0.1, 0.15) is 37.9 Å². The highest BCUT2D eigenvalue weighted by molar-refractivity contribution is 5.89.